The lowest BCUT2D eigenvalue weighted by molar-refractivity contribution is -0.385. The lowest BCUT2D eigenvalue weighted by atomic mass is 10.1. The molecule has 106 valence electrons. The summed E-state index contributed by atoms with van der Waals surface area (Å²) in [5, 5.41) is 15.5. The van der Waals surface area contributed by atoms with Gasteiger partial charge in [-0.2, -0.15) is 5.10 Å². The minimum absolute atomic E-state index is 0.0831. The summed E-state index contributed by atoms with van der Waals surface area (Å²) in [6, 6.07) is 5.17. The van der Waals surface area contributed by atoms with Crippen LogP contribution in [0.1, 0.15) is 29.4 Å². The Bertz CT molecular complexity index is 665. The minimum Gasteiger partial charge on any atom is -0.265 e. The van der Waals surface area contributed by atoms with Gasteiger partial charge in [0.25, 0.3) is 5.69 Å². The summed E-state index contributed by atoms with van der Waals surface area (Å²) in [5.41, 5.74) is 4.34. The maximum absolute atomic E-state index is 11.0. The molecule has 5 nitrogen and oxygen atoms in total. The largest absolute Gasteiger partial charge is 0.283 e. The van der Waals surface area contributed by atoms with Crippen molar-refractivity contribution in [1.29, 1.82) is 0 Å². The van der Waals surface area contributed by atoms with Gasteiger partial charge in [0.2, 0.25) is 0 Å². The summed E-state index contributed by atoms with van der Waals surface area (Å²) < 4.78 is 2.40. The Balaban J connectivity index is 2.35. The summed E-state index contributed by atoms with van der Waals surface area (Å²) in [6.07, 6.45) is 0.943. The molecule has 20 heavy (non-hydrogen) atoms. The lowest BCUT2D eigenvalue weighted by Crippen LogP contribution is -2.05. The van der Waals surface area contributed by atoms with E-state index in [9.17, 15) is 10.1 Å². The Labute approximate surface area is 125 Å². The molecule has 0 amide bonds. The van der Waals surface area contributed by atoms with Crippen molar-refractivity contribution in [3.05, 3.63) is 55.3 Å². The van der Waals surface area contributed by atoms with E-state index in [1.54, 1.807) is 12.1 Å². The summed E-state index contributed by atoms with van der Waals surface area (Å²) in [7, 11) is 0. The monoisotopic (exact) mass is 337 g/mol. The predicted octanol–water partition coefficient (Wildman–Crippen LogP) is 3.78. The zero-order valence-corrected chi connectivity index (χ0v) is 13.3. The van der Waals surface area contributed by atoms with E-state index in [4.69, 9.17) is 0 Å². The number of halogens is 1. The van der Waals surface area contributed by atoms with Crippen LogP contribution >= 0.6 is 15.9 Å². The second-order valence-corrected chi connectivity index (χ2v) is 5.56. The molecule has 0 N–H and O–H groups in total. The SMILES string of the molecule is CCc1c(C)nn(Cc2ccc(Br)c([N+](=O)[O-])c2)c1C. The smallest absolute Gasteiger partial charge is 0.265 e. The van der Waals surface area contributed by atoms with Gasteiger partial charge in [0, 0.05) is 11.8 Å². The molecule has 1 aromatic heterocycles. The highest BCUT2D eigenvalue weighted by atomic mass is 79.9. The van der Waals surface area contributed by atoms with Crippen LogP contribution in [-0.2, 0) is 13.0 Å². The molecule has 0 aliphatic heterocycles. The summed E-state index contributed by atoms with van der Waals surface area (Å²) in [4.78, 5) is 10.6. The Morgan fingerprint density at radius 2 is 2.10 bits per heavy atom. The first-order chi connectivity index (χ1) is 9.43. The number of nitro benzene ring substituents is 1. The minimum atomic E-state index is -0.383. The maximum Gasteiger partial charge on any atom is 0.283 e. The average Bonchev–Trinajstić information content (AvgIpc) is 2.66. The zero-order valence-electron chi connectivity index (χ0n) is 11.7. The number of rotatable bonds is 4. The second kappa shape index (κ2) is 5.75. The number of nitro groups is 1. The molecular weight excluding hydrogens is 322 g/mol. The van der Waals surface area contributed by atoms with E-state index in [1.165, 1.54) is 5.56 Å². The summed E-state index contributed by atoms with van der Waals surface area (Å²) in [5.74, 6) is 0. The molecule has 2 rings (SSSR count). The first-order valence-corrected chi connectivity index (χ1v) is 7.19. The van der Waals surface area contributed by atoms with Crippen LogP contribution in [-0.4, -0.2) is 14.7 Å². The van der Waals surface area contributed by atoms with Gasteiger partial charge in [0.15, 0.2) is 0 Å². The second-order valence-electron chi connectivity index (χ2n) is 4.70. The van der Waals surface area contributed by atoms with E-state index in [-0.39, 0.29) is 10.6 Å². The van der Waals surface area contributed by atoms with E-state index in [0.717, 1.165) is 23.4 Å². The van der Waals surface area contributed by atoms with Crippen molar-refractivity contribution >= 4 is 21.6 Å². The molecule has 0 aliphatic carbocycles. The van der Waals surface area contributed by atoms with Crippen LogP contribution in [0.3, 0.4) is 0 Å². The standard InChI is InChI=1S/C14H16BrN3O2/c1-4-12-9(2)16-17(10(12)3)8-11-5-6-13(15)14(7-11)18(19)20/h5-7H,4,8H2,1-3H3. The van der Waals surface area contributed by atoms with E-state index < -0.39 is 0 Å². The zero-order chi connectivity index (χ0) is 14.9. The molecule has 0 fully saturated rings. The predicted molar refractivity (Wildman–Crippen MR) is 81.0 cm³/mol. The molecule has 2 aromatic rings. The Hall–Kier alpha value is -1.69. The molecule has 0 saturated carbocycles. The molecular formula is C14H16BrN3O2. The highest BCUT2D eigenvalue weighted by Gasteiger charge is 2.14. The van der Waals surface area contributed by atoms with Gasteiger partial charge in [0.05, 0.1) is 21.6 Å². The first kappa shape index (κ1) is 14.7. The first-order valence-electron chi connectivity index (χ1n) is 6.39. The highest BCUT2D eigenvalue weighted by molar-refractivity contribution is 9.10. The molecule has 0 radical (unpaired) electrons. The Morgan fingerprint density at radius 3 is 2.65 bits per heavy atom. The van der Waals surface area contributed by atoms with Crippen molar-refractivity contribution < 1.29 is 4.92 Å². The van der Waals surface area contributed by atoms with Gasteiger partial charge in [0.1, 0.15) is 0 Å². The number of aromatic nitrogens is 2. The fourth-order valence-corrected chi connectivity index (χ4v) is 2.76. The molecule has 6 heteroatoms. The Kier molecular flexibility index (Phi) is 4.23. The summed E-state index contributed by atoms with van der Waals surface area (Å²) >= 11 is 3.19. The van der Waals surface area contributed by atoms with Gasteiger partial charge < -0.3 is 0 Å². The van der Waals surface area contributed by atoms with E-state index in [1.807, 2.05) is 24.6 Å². The normalized spacial score (nSPS) is 10.8. The van der Waals surface area contributed by atoms with Crippen LogP contribution in [0.5, 0.6) is 0 Å². The van der Waals surface area contributed by atoms with Gasteiger partial charge in [-0.15, -0.1) is 0 Å². The van der Waals surface area contributed by atoms with Gasteiger partial charge in [-0.05, 0) is 53.4 Å². The average molecular weight is 338 g/mol. The van der Waals surface area contributed by atoms with Crippen LogP contribution in [0.2, 0.25) is 0 Å². The number of hydrogen-bond donors (Lipinski definition) is 0. The van der Waals surface area contributed by atoms with Crippen molar-refractivity contribution in [2.75, 3.05) is 0 Å². The topological polar surface area (TPSA) is 61.0 Å². The van der Waals surface area contributed by atoms with Crippen molar-refractivity contribution in [1.82, 2.24) is 9.78 Å². The van der Waals surface area contributed by atoms with Gasteiger partial charge in [-0.1, -0.05) is 13.0 Å². The number of benzene rings is 1. The molecule has 0 aliphatic rings. The van der Waals surface area contributed by atoms with E-state index >= 15 is 0 Å². The molecule has 0 unspecified atom stereocenters. The van der Waals surface area contributed by atoms with Crippen molar-refractivity contribution in [3.63, 3.8) is 0 Å². The van der Waals surface area contributed by atoms with Crippen molar-refractivity contribution in [2.45, 2.75) is 33.7 Å². The fraction of sp³-hybridized carbons (Fsp3) is 0.357. The van der Waals surface area contributed by atoms with Crippen LogP contribution in [0.15, 0.2) is 22.7 Å². The van der Waals surface area contributed by atoms with Crippen LogP contribution < -0.4 is 0 Å². The molecule has 0 bridgehead atoms. The quantitative estimate of drug-likeness (QED) is 0.630. The molecule has 0 atom stereocenters. The molecule has 0 spiro atoms. The van der Waals surface area contributed by atoms with E-state index in [2.05, 4.69) is 28.0 Å². The molecule has 0 saturated heterocycles. The van der Waals surface area contributed by atoms with Crippen LogP contribution in [0.4, 0.5) is 5.69 Å². The Morgan fingerprint density at radius 1 is 1.40 bits per heavy atom. The number of nitrogens with zero attached hydrogens (tertiary/aromatic N) is 3. The highest BCUT2D eigenvalue weighted by Crippen LogP contribution is 2.26. The summed E-state index contributed by atoms with van der Waals surface area (Å²) in [6.45, 7) is 6.67. The van der Waals surface area contributed by atoms with Crippen LogP contribution in [0.25, 0.3) is 0 Å². The van der Waals surface area contributed by atoms with Crippen molar-refractivity contribution in [3.8, 4) is 0 Å². The van der Waals surface area contributed by atoms with Crippen LogP contribution in [0, 0.1) is 24.0 Å². The third-order valence-electron chi connectivity index (χ3n) is 3.42. The van der Waals surface area contributed by atoms with Gasteiger partial charge in [-0.3, -0.25) is 14.8 Å². The molecule has 1 heterocycles. The lowest BCUT2D eigenvalue weighted by Gasteiger charge is -2.06. The van der Waals surface area contributed by atoms with Crippen molar-refractivity contribution in [2.24, 2.45) is 0 Å². The molecule has 1 aromatic carbocycles. The van der Waals surface area contributed by atoms with Gasteiger partial charge >= 0.3 is 0 Å². The number of hydrogen-bond acceptors (Lipinski definition) is 3. The van der Waals surface area contributed by atoms with E-state index in [0.29, 0.717) is 11.0 Å². The fourth-order valence-electron chi connectivity index (χ4n) is 2.37. The van der Waals surface area contributed by atoms with Gasteiger partial charge in [-0.25, -0.2) is 0 Å². The third kappa shape index (κ3) is 2.75. The number of aryl methyl sites for hydroxylation is 1. The third-order valence-corrected chi connectivity index (χ3v) is 4.10. The maximum atomic E-state index is 11.0.